The molecule has 0 aliphatic carbocycles. The quantitative estimate of drug-likeness (QED) is 0.702. The Labute approximate surface area is 102 Å². The van der Waals surface area contributed by atoms with Gasteiger partial charge in [0.1, 0.15) is 11.6 Å². The Hall–Kier alpha value is -2.64. The van der Waals surface area contributed by atoms with Crippen LogP contribution in [0.2, 0.25) is 0 Å². The molecule has 0 atom stereocenters. The summed E-state index contributed by atoms with van der Waals surface area (Å²) < 4.78 is 1.37. The third kappa shape index (κ3) is 2.08. The van der Waals surface area contributed by atoms with Gasteiger partial charge in [-0.1, -0.05) is 0 Å². The van der Waals surface area contributed by atoms with E-state index in [1.165, 1.54) is 4.63 Å². The Bertz CT molecular complexity index is 676. The maximum Gasteiger partial charge on any atom is 0.200 e. The Morgan fingerprint density at radius 3 is 3.11 bits per heavy atom. The molecule has 3 rings (SSSR count). The Morgan fingerprint density at radius 1 is 1.28 bits per heavy atom. The van der Waals surface area contributed by atoms with E-state index in [0.29, 0.717) is 18.0 Å². The van der Waals surface area contributed by atoms with Crippen LogP contribution in [0.3, 0.4) is 0 Å². The summed E-state index contributed by atoms with van der Waals surface area (Å²) in [6, 6.07) is 5.47. The molecule has 1 N–H and O–H groups in total. The van der Waals surface area contributed by atoms with E-state index in [-0.39, 0.29) is 0 Å². The summed E-state index contributed by atoms with van der Waals surface area (Å²) in [7, 11) is 0. The molecule has 8 nitrogen and oxygen atoms in total. The van der Waals surface area contributed by atoms with Crippen LogP contribution in [-0.2, 0) is 6.54 Å². The summed E-state index contributed by atoms with van der Waals surface area (Å²) in [5, 5.41) is 18.4. The van der Waals surface area contributed by atoms with E-state index in [4.69, 9.17) is 0 Å². The van der Waals surface area contributed by atoms with Crippen molar-refractivity contribution in [2.45, 2.75) is 13.5 Å². The average Bonchev–Trinajstić information content (AvgIpc) is 2.84. The molecule has 0 fully saturated rings. The number of rotatable bonds is 3. The molecule has 0 aromatic carbocycles. The van der Waals surface area contributed by atoms with Gasteiger partial charge in [0.05, 0.1) is 12.2 Å². The van der Waals surface area contributed by atoms with Crippen molar-refractivity contribution >= 4 is 11.5 Å². The second-order valence-electron chi connectivity index (χ2n) is 3.69. The number of hydrogen-bond donors (Lipinski definition) is 1. The van der Waals surface area contributed by atoms with Crippen LogP contribution >= 0.6 is 0 Å². The Kier molecular flexibility index (Phi) is 2.52. The van der Waals surface area contributed by atoms with Gasteiger partial charge in [-0.15, -0.1) is 14.8 Å². The molecule has 3 aromatic heterocycles. The van der Waals surface area contributed by atoms with E-state index in [0.717, 1.165) is 11.5 Å². The number of anilines is 1. The lowest BCUT2D eigenvalue weighted by molar-refractivity contribution is 0.733. The van der Waals surface area contributed by atoms with E-state index >= 15 is 0 Å². The van der Waals surface area contributed by atoms with Gasteiger partial charge >= 0.3 is 0 Å². The zero-order chi connectivity index (χ0) is 12.4. The highest BCUT2D eigenvalue weighted by atomic mass is 15.6. The lowest BCUT2D eigenvalue weighted by Crippen LogP contribution is -2.06. The summed E-state index contributed by atoms with van der Waals surface area (Å²) in [6.45, 7) is 2.43. The van der Waals surface area contributed by atoms with E-state index in [9.17, 15) is 0 Å². The fourth-order valence-electron chi connectivity index (χ4n) is 1.53. The van der Waals surface area contributed by atoms with Crippen LogP contribution in [0.25, 0.3) is 5.65 Å². The van der Waals surface area contributed by atoms with Crippen molar-refractivity contribution in [3.63, 3.8) is 0 Å². The van der Waals surface area contributed by atoms with Gasteiger partial charge in [0.25, 0.3) is 0 Å². The van der Waals surface area contributed by atoms with Gasteiger partial charge in [0.2, 0.25) is 0 Å². The number of tetrazole rings is 1. The fourth-order valence-corrected chi connectivity index (χ4v) is 1.53. The molecule has 0 saturated carbocycles. The van der Waals surface area contributed by atoms with E-state index < -0.39 is 0 Å². The standard InChI is InChI=1S/C10H10N8/c1-7-11-5-4-8(13-7)6-12-9-2-3-10-14-16-17-18(10)15-9/h2-5H,6H2,1H3,(H,12,15). The van der Waals surface area contributed by atoms with Gasteiger partial charge in [0, 0.05) is 6.20 Å². The molecule has 18 heavy (non-hydrogen) atoms. The van der Waals surface area contributed by atoms with Crippen molar-refractivity contribution in [3.05, 3.63) is 35.9 Å². The van der Waals surface area contributed by atoms with Gasteiger partial charge in [-0.05, 0) is 35.5 Å². The highest BCUT2D eigenvalue weighted by molar-refractivity contribution is 5.42. The van der Waals surface area contributed by atoms with Crippen molar-refractivity contribution < 1.29 is 0 Å². The Balaban J connectivity index is 1.76. The first-order valence-corrected chi connectivity index (χ1v) is 5.39. The molecule has 0 amide bonds. The molecule has 0 radical (unpaired) electrons. The largest absolute Gasteiger partial charge is 0.363 e. The zero-order valence-corrected chi connectivity index (χ0v) is 9.65. The maximum absolute atomic E-state index is 4.29. The van der Waals surface area contributed by atoms with Crippen molar-refractivity contribution in [1.82, 2.24) is 35.2 Å². The highest BCUT2D eigenvalue weighted by Gasteiger charge is 2.01. The van der Waals surface area contributed by atoms with Crippen molar-refractivity contribution in [2.75, 3.05) is 5.32 Å². The highest BCUT2D eigenvalue weighted by Crippen LogP contribution is 2.05. The fraction of sp³-hybridized carbons (Fsp3) is 0.200. The number of aryl methyl sites for hydroxylation is 1. The maximum atomic E-state index is 4.29. The van der Waals surface area contributed by atoms with Crippen LogP contribution in [0.4, 0.5) is 5.82 Å². The SMILES string of the molecule is Cc1nccc(CNc2ccc3nnnn3n2)n1. The van der Waals surface area contributed by atoms with Gasteiger partial charge in [-0.3, -0.25) is 0 Å². The molecule has 0 aliphatic rings. The zero-order valence-electron chi connectivity index (χ0n) is 9.65. The van der Waals surface area contributed by atoms with Crippen LogP contribution < -0.4 is 5.32 Å². The minimum Gasteiger partial charge on any atom is -0.363 e. The number of hydrogen-bond acceptors (Lipinski definition) is 7. The van der Waals surface area contributed by atoms with Crippen LogP contribution in [0.15, 0.2) is 24.4 Å². The van der Waals surface area contributed by atoms with Gasteiger partial charge in [-0.25, -0.2) is 9.97 Å². The molecule has 0 saturated heterocycles. The van der Waals surface area contributed by atoms with Gasteiger partial charge < -0.3 is 5.32 Å². The molecule has 90 valence electrons. The Morgan fingerprint density at radius 2 is 2.22 bits per heavy atom. The van der Waals surface area contributed by atoms with Crippen molar-refractivity contribution in [1.29, 1.82) is 0 Å². The number of fused-ring (bicyclic) bond motifs is 1. The first kappa shape index (κ1) is 10.5. The molecule has 3 aromatic rings. The molecule has 0 aliphatic heterocycles. The van der Waals surface area contributed by atoms with Crippen LogP contribution in [0, 0.1) is 6.92 Å². The lowest BCUT2D eigenvalue weighted by atomic mass is 10.4. The molecule has 0 spiro atoms. The first-order chi connectivity index (χ1) is 8.81. The predicted molar refractivity (Wildman–Crippen MR) is 62.7 cm³/mol. The van der Waals surface area contributed by atoms with Crippen LogP contribution in [0.1, 0.15) is 11.5 Å². The summed E-state index contributed by atoms with van der Waals surface area (Å²) in [5.74, 6) is 1.43. The predicted octanol–water partition coefficient (Wildman–Crippen LogP) is 0.230. The lowest BCUT2D eigenvalue weighted by Gasteiger charge is -2.04. The monoisotopic (exact) mass is 242 g/mol. The normalized spacial score (nSPS) is 10.7. The van der Waals surface area contributed by atoms with E-state index in [1.54, 1.807) is 12.3 Å². The summed E-state index contributed by atoms with van der Waals surface area (Å²) in [4.78, 5) is 8.34. The molecule has 3 heterocycles. The number of nitrogens with one attached hydrogen (secondary N) is 1. The van der Waals surface area contributed by atoms with Crippen molar-refractivity contribution in [2.24, 2.45) is 0 Å². The number of aromatic nitrogens is 7. The minimum atomic E-state index is 0.573. The van der Waals surface area contributed by atoms with Gasteiger partial charge in [-0.2, -0.15) is 0 Å². The third-order valence-corrected chi connectivity index (χ3v) is 2.35. The first-order valence-electron chi connectivity index (χ1n) is 5.39. The second-order valence-corrected chi connectivity index (χ2v) is 3.69. The summed E-state index contributed by atoms with van der Waals surface area (Å²) >= 11 is 0. The minimum absolute atomic E-state index is 0.573. The summed E-state index contributed by atoms with van der Waals surface area (Å²) in [6.07, 6.45) is 1.73. The van der Waals surface area contributed by atoms with Gasteiger partial charge in [0.15, 0.2) is 5.65 Å². The summed E-state index contributed by atoms with van der Waals surface area (Å²) in [5.41, 5.74) is 1.51. The molecular formula is C10H10N8. The molecular weight excluding hydrogens is 232 g/mol. The molecule has 8 heteroatoms. The van der Waals surface area contributed by atoms with E-state index in [2.05, 4.69) is 35.9 Å². The third-order valence-electron chi connectivity index (χ3n) is 2.35. The molecule has 0 unspecified atom stereocenters. The topological polar surface area (TPSA) is 93.8 Å². The average molecular weight is 242 g/mol. The second kappa shape index (κ2) is 4.32. The number of nitrogens with zero attached hydrogens (tertiary/aromatic N) is 7. The van der Waals surface area contributed by atoms with E-state index in [1.807, 2.05) is 19.1 Å². The van der Waals surface area contributed by atoms with Crippen molar-refractivity contribution in [3.8, 4) is 0 Å². The smallest absolute Gasteiger partial charge is 0.200 e. The van der Waals surface area contributed by atoms with Crippen LogP contribution in [-0.4, -0.2) is 35.2 Å². The molecule has 0 bridgehead atoms. The van der Waals surface area contributed by atoms with Crippen LogP contribution in [0.5, 0.6) is 0 Å².